The van der Waals surface area contributed by atoms with Crippen LogP contribution in [0.15, 0.2) is 12.4 Å². The van der Waals surface area contributed by atoms with Gasteiger partial charge in [0.25, 0.3) is 0 Å². The van der Waals surface area contributed by atoms with E-state index in [1.165, 1.54) is 5.56 Å². The molecule has 0 saturated carbocycles. The van der Waals surface area contributed by atoms with Crippen LogP contribution in [0.1, 0.15) is 53.3 Å². The molecule has 5 rings (SSSR count). The van der Waals surface area contributed by atoms with Gasteiger partial charge >= 0.3 is 6.18 Å². The number of nitrogens with zero attached hydrogens (tertiary/aromatic N) is 5. The first kappa shape index (κ1) is 20.5. The number of halogens is 4. The first-order valence-electron chi connectivity index (χ1n) is 10.3. The van der Waals surface area contributed by atoms with E-state index in [-0.39, 0.29) is 23.8 Å². The Morgan fingerprint density at radius 3 is 2.65 bits per heavy atom. The summed E-state index contributed by atoms with van der Waals surface area (Å²) >= 11 is 6.31. The smallest absolute Gasteiger partial charge is 0.340 e. The Bertz CT molecular complexity index is 1040. The molecule has 2 aliphatic heterocycles. The molecule has 0 unspecified atom stereocenters. The SMILES string of the molecule is Cc1c(Cl)nc2c3c1CN(C(=O)CC1CN(c4ncc(C(F)(F)F)cn4)C1)[C@H]3CCC2. The van der Waals surface area contributed by atoms with Crippen LogP contribution in [-0.4, -0.2) is 38.8 Å². The average Bonchev–Trinajstić information content (AvgIpc) is 3.09. The number of anilines is 1. The molecule has 1 atom stereocenters. The third kappa shape index (κ3) is 3.52. The highest BCUT2D eigenvalue weighted by Crippen LogP contribution is 2.45. The lowest BCUT2D eigenvalue weighted by Gasteiger charge is -2.40. The summed E-state index contributed by atoms with van der Waals surface area (Å²) in [6, 6.07) is 0.0733. The van der Waals surface area contributed by atoms with E-state index >= 15 is 0 Å². The number of pyridine rings is 1. The minimum Gasteiger partial charge on any atom is -0.340 e. The number of aryl methyl sites for hydroxylation is 1. The van der Waals surface area contributed by atoms with Crippen LogP contribution in [0.3, 0.4) is 0 Å². The molecule has 0 N–H and O–H groups in total. The number of aromatic nitrogens is 3. The summed E-state index contributed by atoms with van der Waals surface area (Å²) in [6.07, 6.45) is 0.352. The molecule has 2 aromatic heterocycles. The summed E-state index contributed by atoms with van der Waals surface area (Å²) in [6.45, 7) is 3.64. The predicted octanol–water partition coefficient (Wildman–Crippen LogP) is 4.10. The van der Waals surface area contributed by atoms with Crippen molar-refractivity contribution in [2.45, 2.75) is 51.4 Å². The Kier molecular flexibility index (Phi) is 4.84. The van der Waals surface area contributed by atoms with Crippen molar-refractivity contribution in [1.82, 2.24) is 19.9 Å². The highest BCUT2D eigenvalue weighted by atomic mass is 35.5. The van der Waals surface area contributed by atoms with Gasteiger partial charge in [-0.05, 0) is 37.3 Å². The first-order chi connectivity index (χ1) is 14.7. The molecule has 1 fully saturated rings. The molecule has 31 heavy (non-hydrogen) atoms. The zero-order valence-corrected chi connectivity index (χ0v) is 17.7. The normalized spacial score (nSPS) is 20.6. The molecule has 0 bridgehead atoms. The van der Waals surface area contributed by atoms with Gasteiger partial charge in [0.15, 0.2) is 0 Å². The van der Waals surface area contributed by atoms with Crippen LogP contribution >= 0.6 is 11.6 Å². The minimum absolute atomic E-state index is 0.0733. The van der Waals surface area contributed by atoms with Crippen molar-refractivity contribution in [3.8, 4) is 0 Å². The summed E-state index contributed by atoms with van der Waals surface area (Å²) < 4.78 is 38.0. The maximum Gasteiger partial charge on any atom is 0.419 e. The second kappa shape index (κ2) is 7.32. The summed E-state index contributed by atoms with van der Waals surface area (Å²) in [7, 11) is 0. The number of rotatable bonds is 3. The van der Waals surface area contributed by atoms with Gasteiger partial charge in [-0.15, -0.1) is 0 Å². The van der Waals surface area contributed by atoms with Crippen molar-refractivity contribution in [2.75, 3.05) is 18.0 Å². The van der Waals surface area contributed by atoms with Crippen LogP contribution in [0, 0.1) is 12.8 Å². The second-order valence-corrected chi connectivity index (χ2v) is 8.90. The lowest BCUT2D eigenvalue weighted by atomic mass is 9.89. The fraction of sp³-hybridized carbons (Fsp3) is 0.524. The lowest BCUT2D eigenvalue weighted by molar-refractivity contribution is -0.138. The highest BCUT2D eigenvalue weighted by molar-refractivity contribution is 6.30. The third-order valence-electron chi connectivity index (χ3n) is 6.55. The third-order valence-corrected chi connectivity index (χ3v) is 6.92. The fourth-order valence-corrected chi connectivity index (χ4v) is 5.09. The number of hydrogen-bond donors (Lipinski definition) is 0. The molecule has 10 heteroatoms. The number of hydrogen-bond acceptors (Lipinski definition) is 5. The quantitative estimate of drug-likeness (QED) is 0.657. The zero-order valence-electron chi connectivity index (χ0n) is 16.9. The summed E-state index contributed by atoms with van der Waals surface area (Å²) in [5.74, 6) is 0.495. The molecule has 1 aliphatic carbocycles. The van der Waals surface area contributed by atoms with Crippen molar-refractivity contribution in [2.24, 2.45) is 5.92 Å². The van der Waals surface area contributed by atoms with Crippen LogP contribution in [0.2, 0.25) is 5.15 Å². The van der Waals surface area contributed by atoms with E-state index in [1.54, 1.807) is 4.90 Å². The van der Waals surface area contributed by atoms with Gasteiger partial charge < -0.3 is 9.80 Å². The molecule has 2 aromatic rings. The number of carbonyl (C=O) groups is 1. The average molecular weight is 452 g/mol. The molecule has 4 heterocycles. The van der Waals surface area contributed by atoms with Gasteiger partial charge in [-0.25, -0.2) is 15.0 Å². The minimum atomic E-state index is -4.45. The molecule has 0 spiro atoms. The molecule has 0 aromatic carbocycles. The Balaban J connectivity index is 1.22. The molecule has 1 saturated heterocycles. The van der Waals surface area contributed by atoms with E-state index in [1.807, 2.05) is 11.8 Å². The van der Waals surface area contributed by atoms with Gasteiger partial charge in [-0.1, -0.05) is 11.6 Å². The Morgan fingerprint density at radius 1 is 1.26 bits per heavy atom. The van der Waals surface area contributed by atoms with E-state index in [9.17, 15) is 18.0 Å². The molecule has 3 aliphatic rings. The standard InChI is InChI=1S/C21H21ClF3N5O/c1-11-14-10-30(16-4-2-3-15(18(14)16)28-19(11)22)17(31)5-12-8-29(9-12)20-26-6-13(7-27-20)21(23,24)25/h6-7,12,16H,2-5,8-10H2,1H3/t16-/m0/s1. The van der Waals surface area contributed by atoms with E-state index in [4.69, 9.17) is 11.6 Å². The van der Waals surface area contributed by atoms with Gasteiger partial charge in [-0.3, -0.25) is 4.79 Å². The molecular weight excluding hydrogens is 431 g/mol. The summed E-state index contributed by atoms with van der Waals surface area (Å²) in [5, 5.41) is 0.523. The highest BCUT2D eigenvalue weighted by Gasteiger charge is 2.41. The maximum absolute atomic E-state index is 13.1. The Morgan fingerprint density at radius 2 is 1.97 bits per heavy atom. The van der Waals surface area contributed by atoms with Gasteiger partial charge in [0, 0.05) is 55.6 Å². The Labute approximate surface area is 182 Å². The number of carbonyl (C=O) groups excluding carboxylic acids is 1. The monoisotopic (exact) mass is 451 g/mol. The first-order valence-corrected chi connectivity index (χ1v) is 10.7. The van der Waals surface area contributed by atoms with Crippen LogP contribution in [0.4, 0.5) is 19.1 Å². The summed E-state index contributed by atoms with van der Waals surface area (Å²) in [5.41, 5.74) is 3.44. The molecule has 1 amide bonds. The van der Waals surface area contributed by atoms with Crippen molar-refractivity contribution >= 4 is 23.5 Å². The Hall–Kier alpha value is -2.42. The number of amides is 1. The van der Waals surface area contributed by atoms with E-state index in [2.05, 4.69) is 15.0 Å². The topological polar surface area (TPSA) is 62.2 Å². The number of alkyl halides is 3. The van der Waals surface area contributed by atoms with Crippen LogP contribution in [0.5, 0.6) is 0 Å². The summed E-state index contributed by atoms with van der Waals surface area (Å²) in [4.78, 5) is 29.1. The maximum atomic E-state index is 13.1. The molecular formula is C21H21ClF3N5O. The van der Waals surface area contributed by atoms with E-state index in [0.717, 1.165) is 48.5 Å². The van der Waals surface area contributed by atoms with Gasteiger partial charge in [0.2, 0.25) is 11.9 Å². The van der Waals surface area contributed by atoms with Gasteiger partial charge in [0.1, 0.15) is 5.15 Å². The van der Waals surface area contributed by atoms with Crippen molar-refractivity contribution in [3.05, 3.63) is 45.5 Å². The zero-order chi connectivity index (χ0) is 21.9. The molecule has 0 radical (unpaired) electrons. The van der Waals surface area contributed by atoms with Crippen molar-refractivity contribution < 1.29 is 18.0 Å². The van der Waals surface area contributed by atoms with E-state index < -0.39 is 11.7 Å². The largest absolute Gasteiger partial charge is 0.419 e. The predicted molar refractivity (Wildman–Crippen MR) is 108 cm³/mol. The van der Waals surface area contributed by atoms with Crippen molar-refractivity contribution in [3.63, 3.8) is 0 Å². The second-order valence-electron chi connectivity index (χ2n) is 8.54. The van der Waals surface area contributed by atoms with Gasteiger partial charge in [0.05, 0.1) is 11.6 Å². The molecule has 164 valence electrons. The fourth-order valence-electron chi connectivity index (χ4n) is 4.87. The molecule has 6 nitrogen and oxygen atoms in total. The van der Waals surface area contributed by atoms with Crippen LogP contribution in [0.25, 0.3) is 0 Å². The van der Waals surface area contributed by atoms with Crippen LogP contribution in [-0.2, 0) is 23.9 Å². The van der Waals surface area contributed by atoms with E-state index in [0.29, 0.717) is 31.2 Å². The van der Waals surface area contributed by atoms with Gasteiger partial charge in [-0.2, -0.15) is 13.2 Å². The van der Waals surface area contributed by atoms with Crippen molar-refractivity contribution in [1.29, 1.82) is 0 Å². The van der Waals surface area contributed by atoms with Crippen LogP contribution < -0.4 is 4.90 Å². The lowest BCUT2D eigenvalue weighted by Crippen LogP contribution is -2.49.